The molecule has 0 spiro atoms. The van der Waals surface area contributed by atoms with E-state index in [0.29, 0.717) is 0 Å². The molecule has 1 fully saturated rings. The molecule has 2 aromatic rings. The van der Waals surface area contributed by atoms with Crippen LogP contribution < -0.4 is 14.5 Å². The molecule has 0 aliphatic carbocycles. The van der Waals surface area contributed by atoms with E-state index in [9.17, 15) is 0 Å². The smallest absolute Gasteiger partial charge is 0.127 e. The van der Waals surface area contributed by atoms with Crippen molar-refractivity contribution in [1.29, 1.82) is 0 Å². The molecule has 24 heavy (non-hydrogen) atoms. The zero-order valence-electron chi connectivity index (χ0n) is 14.4. The normalized spacial score (nSPS) is 20.8. The fourth-order valence-electron chi connectivity index (χ4n) is 3.38. The lowest BCUT2D eigenvalue weighted by Crippen LogP contribution is -3.27. The zero-order valence-corrected chi connectivity index (χ0v) is 15.9. The van der Waals surface area contributed by atoms with Crippen molar-refractivity contribution in [1.82, 2.24) is 0 Å². The van der Waals surface area contributed by atoms with Gasteiger partial charge in [-0.15, -0.1) is 0 Å². The van der Waals surface area contributed by atoms with Gasteiger partial charge in [-0.3, -0.25) is 0 Å². The zero-order chi connectivity index (χ0) is 16.8. The first kappa shape index (κ1) is 17.5. The van der Waals surface area contributed by atoms with E-state index in [1.165, 1.54) is 41.8 Å². The summed E-state index contributed by atoms with van der Waals surface area (Å²) in [7, 11) is 0. The minimum absolute atomic E-state index is 0.729. The summed E-state index contributed by atoms with van der Waals surface area (Å²) in [5.74, 6) is 0.971. The average molecular weight is 391 g/mol. The molecule has 0 unspecified atom stereocenters. The Labute approximate surface area is 153 Å². The minimum atomic E-state index is 0.729. The fraction of sp³-hybridized carbons (Fsp3) is 0.400. The second-order valence-electron chi connectivity index (χ2n) is 6.52. The number of benzene rings is 2. The first-order valence-electron chi connectivity index (χ1n) is 8.87. The molecule has 2 N–H and O–H groups in total. The van der Waals surface area contributed by atoms with Crippen molar-refractivity contribution in [3.05, 3.63) is 64.1 Å². The predicted octanol–water partition coefficient (Wildman–Crippen LogP) is 1.33. The van der Waals surface area contributed by atoms with Crippen molar-refractivity contribution < 1.29 is 14.5 Å². The molecule has 0 bridgehead atoms. The van der Waals surface area contributed by atoms with E-state index >= 15 is 0 Å². The van der Waals surface area contributed by atoms with Gasteiger partial charge in [-0.2, -0.15) is 0 Å². The molecule has 128 valence electrons. The van der Waals surface area contributed by atoms with Crippen LogP contribution in [-0.4, -0.2) is 32.8 Å². The van der Waals surface area contributed by atoms with Gasteiger partial charge in [0.05, 0.1) is 6.61 Å². The highest BCUT2D eigenvalue weighted by atomic mass is 79.9. The molecule has 3 rings (SSSR count). The Kier molecular flexibility index (Phi) is 6.30. The van der Waals surface area contributed by atoms with E-state index in [2.05, 4.69) is 64.5 Å². The minimum Gasteiger partial charge on any atom is -0.494 e. The van der Waals surface area contributed by atoms with Crippen LogP contribution in [0.2, 0.25) is 0 Å². The van der Waals surface area contributed by atoms with Gasteiger partial charge in [0.2, 0.25) is 0 Å². The summed E-state index contributed by atoms with van der Waals surface area (Å²) in [5.41, 5.74) is 2.82. The largest absolute Gasteiger partial charge is 0.494 e. The molecule has 1 aliphatic heterocycles. The number of ether oxygens (including phenoxy) is 1. The number of nitrogens with one attached hydrogen (secondary N) is 2. The summed E-state index contributed by atoms with van der Waals surface area (Å²) in [5, 5.41) is 0. The second-order valence-corrected chi connectivity index (χ2v) is 7.38. The lowest BCUT2D eigenvalue weighted by atomic mass is 10.1. The maximum Gasteiger partial charge on any atom is 0.127 e. The van der Waals surface area contributed by atoms with Gasteiger partial charge in [0.15, 0.2) is 0 Å². The van der Waals surface area contributed by atoms with E-state index in [0.717, 1.165) is 25.4 Å². The van der Waals surface area contributed by atoms with Gasteiger partial charge in [-0.25, -0.2) is 0 Å². The third-order valence-electron chi connectivity index (χ3n) is 4.75. The number of quaternary nitrogens is 2. The van der Waals surface area contributed by atoms with Crippen LogP contribution in [-0.2, 0) is 13.1 Å². The highest BCUT2D eigenvalue weighted by Gasteiger charge is 2.23. The summed E-state index contributed by atoms with van der Waals surface area (Å²) in [6.07, 6.45) is 0. The van der Waals surface area contributed by atoms with Crippen LogP contribution >= 0.6 is 15.9 Å². The lowest BCUT2D eigenvalue weighted by molar-refractivity contribution is -1.02. The van der Waals surface area contributed by atoms with Gasteiger partial charge in [0.25, 0.3) is 0 Å². The number of rotatable bonds is 6. The van der Waals surface area contributed by atoms with Crippen molar-refractivity contribution in [2.45, 2.75) is 20.0 Å². The maximum atomic E-state index is 5.52. The van der Waals surface area contributed by atoms with Crippen molar-refractivity contribution in [3.8, 4) is 5.75 Å². The Morgan fingerprint density at radius 3 is 2.12 bits per heavy atom. The number of halogens is 1. The SMILES string of the molecule is CCOc1ccc(C[NH+]2CC[NH+](Cc3ccccc3Br)CC2)cc1. The molecule has 4 heteroatoms. The average Bonchev–Trinajstić information content (AvgIpc) is 2.61. The topological polar surface area (TPSA) is 18.1 Å². The summed E-state index contributed by atoms with van der Waals surface area (Å²) in [4.78, 5) is 3.38. The number of hydrogen-bond acceptors (Lipinski definition) is 1. The van der Waals surface area contributed by atoms with Gasteiger partial charge in [0.1, 0.15) is 45.0 Å². The number of piperazine rings is 1. The lowest BCUT2D eigenvalue weighted by Gasteiger charge is -2.30. The monoisotopic (exact) mass is 390 g/mol. The van der Waals surface area contributed by atoms with Crippen molar-refractivity contribution in [2.75, 3.05) is 32.8 Å². The summed E-state index contributed by atoms with van der Waals surface area (Å²) in [6, 6.07) is 17.2. The van der Waals surface area contributed by atoms with Gasteiger partial charge < -0.3 is 14.5 Å². The molecule has 1 saturated heterocycles. The van der Waals surface area contributed by atoms with E-state index < -0.39 is 0 Å². The summed E-state index contributed by atoms with van der Waals surface area (Å²) in [6.45, 7) is 9.97. The van der Waals surface area contributed by atoms with Gasteiger partial charge in [0, 0.05) is 15.6 Å². The summed E-state index contributed by atoms with van der Waals surface area (Å²) < 4.78 is 6.75. The van der Waals surface area contributed by atoms with Crippen LogP contribution in [0.25, 0.3) is 0 Å². The van der Waals surface area contributed by atoms with Crippen LogP contribution in [0, 0.1) is 0 Å². The highest BCUT2D eigenvalue weighted by Crippen LogP contribution is 2.14. The van der Waals surface area contributed by atoms with Gasteiger partial charge in [-0.1, -0.05) is 34.1 Å². The van der Waals surface area contributed by atoms with E-state index in [1.807, 2.05) is 6.92 Å². The molecule has 1 heterocycles. The Morgan fingerprint density at radius 2 is 1.50 bits per heavy atom. The second kappa shape index (κ2) is 8.65. The Hall–Kier alpha value is -1.36. The molecule has 0 aromatic heterocycles. The Balaban J connectivity index is 1.47. The fourth-order valence-corrected chi connectivity index (χ4v) is 3.81. The molecular formula is C20H27BrN2O+2. The van der Waals surface area contributed by atoms with Crippen molar-refractivity contribution >= 4 is 15.9 Å². The summed E-state index contributed by atoms with van der Waals surface area (Å²) >= 11 is 3.67. The van der Waals surface area contributed by atoms with Crippen LogP contribution in [0.4, 0.5) is 0 Å². The van der Waals surface area contributed by atoms with E-state index in [-0.39, 0.29) is 0 Å². The highest BCUT2D eigenvalue weighted by molar-refractivity contribution is 9.10. The standard InChI is InChI=1S/C20H25BrN2O/c1-2-24-19-9-7-17(8-10-19)15-22-11-13-23(14-12-22)16-18-5-3-4-6-20(18)21/h3-10H,2,11-16H2,1H3/p+2. The predicted molar refractivity (Wildman–Crippen MR) is 101 cm³/mol. The third kappa shape index (κ3) is 4.82. The molecule has 3 nitrogen and oxygen atoms in total. The van der Waals surface area contributed by atoms with E-state index in [4.69, 9.17) is 4.74 Å². The van der Waals surface area contributed by atoms with Crippen molar-refractivity contribution in [2.24, 2.45) is 0 Å². The third-order valence-corrected chi connectivity index (χ3v) is 5.52. The molecule has 0 atom stereocenters. The van der Waals surface area contributed by atoms with Gasteiger partial charge >= 0.3 is 0 Å². The molecule has 0 amide bonds. The van der Waals surface area contributed by atoms with Crippen LogP contribution in [0.3, 0.4) is 0 Å². The Morgan fingerprint density at radius 1 is 0.875 bits per heavy atom. The first-order chi connectivity index (χ1) is 11.7. The maximum absolute atomic E-state index is 5.52. The molecule has 0 saturated carbocycles. The molecule has 2 aromatic carbocycles. The first-order valence-corrected chi connectivity index (χ1v) is 9.66. The quantitative estimate of drug-likeness (QED) is 0.761. The van der Waals surface area contributed by atoms with Crippen LogP contribution in [0.1, 0.15) is 18.1 Å². The van der Waals surface area contributed by atoms with Crippen LogP contribution in [0.15, 0.2) is 53.0 Å². The van der Waals surface area contributed by atoms with Crippen molar-refractivity contribution in [3.63, 3.8) is 0 Å². The molecule has 0 radical (unpaired) electrons. The molecule has 1 aliphatic rings. The van der Waals surface area contributed by atoms with E-state index in [1.54, 1.807) is 9.80 Å². The Bertz CT molecular complexity index is 636. The molecular weight excluding hydrogens is 364 g/mol. The van der Waals surface area contributed by atoms with Gasteiger partial charge in [-0.05, 0) is 37.3 Å². The number of hydrogen-bond donors (Lipinski definition) is 2. The van der Waals surface area contributed by atoms with Crippen LogP contribution in [0.5, 0.6) is 5.75 Å².